The van der Waals surface area contributed by atoms with Gasteiger partial charge in [-0.3, -0.25) is 0 Å². The van der Waals surface area contributed by atoms with Crippen LogP contribution in [0, 0.1) is 0 Å². The Labute approximate surface area is 157 Å². The Balaban J connectivity index is 1.96. The molecular formula is C23H18BNS. The van der Waals surface area contributed by atoms with E-state index in [2.05, 4.69) is 86.9 Å². The van der Waals surface area contributed by atoms with E-state index in [9.17, 15) is 0 Å². The highest BCUT2D eigenvalue weighted by molar-refractivity contribution is 7.19. The fourth-order valence-electron chi connectivity index (χ4n) is 4.72. The molecule has 0 aliphatic carbocycles. The number of benzene rings is 3. The molecule has 26 heavy (non-hydrogen) atoms. The molecule has 0 unspecified atom stereocenters. The highest BCUT2D eigenvalue weighted by Crippen LogP contribution is 2.52. The third-order valence-electron chi connectivity index (χ3n) is 5.98. The van der Waals surface area contributed by atoms with Crippen molar-refractivity contribution < 1.29 is 0 Å². The van der Waals surface area contributed by atoms with Crippen LogP contribution >= 0.6 is 11.3 Å². The molecule has 0 spiro atoms. The molecule has 0 bridgehead atoms. The smallest absolute Gasteiger partial charge is 0.139 e. The van der Waals surface area contributed by atoms with E-state index >= 15 is 0 Å². The summed E-state index contributed by atoms with van der Waals surface area (Å²) in [6.45, 7) is 4.75. The largest absolute Gasteiger partial charge is 0.307 e. The number of nitrogens with zero attached hydrogens (tertiary/aromatic N) is 1. The summed E-state index contributed by atoms with van der Waals surface area (Å²) in [5.74, 6) is 0. The van der Waals surface area contributed by atoms with Crippen molar-refractivity contribution in [1.82, 2.24) is 4.57 Å². The van der Waals surface area contributed by atoms with Gasteiger partial charge in [-0.25, -0.2) is 0 Å². The molecule has 3 aromatic carbocycles. The average Bonchev–Trinajstić information content (AvgIpc) is 3.17. The molecule has 0 N–H and O–H groups in total. The van der Waals surface area contributed by atoms with Gasteiger partial charge in [0.25, 0.3) is 0 Å². The molecular weight excluding hydrogens is 333 g/mol. The monoisotopic (exact) mass is 351 g/mol. The number of hydrogen-bond acceptors (Lipinski definition) is 1. The predicted molar refractivity (Wildman–Crippen MR) is 116 cm³/mol. The van der Waals surface area contributed by atoms with E-state index < -0.39 is 0 Å². The van der Waals surface area contributed by atoms with Crippen LogP contribution < -0.4 is 5.46 Å². The standard InChI is InChI=1S/C23H18BNS/c1-23(2)17-8-5-7-14-16-12-13(24)10-11-18(16)25(20(14)17)21-15-6-3-4-9-19(15)26-22(21)23/h3-12H,24H2,1-2H3. The lowest BCUT2D eigenvalue weighted by Crippen LogP contribution is -2.24. The van der Waals surface area contributed by atoms with Crippen molar-refractivity contribution in [3.63, 3.8) is 0 Å². The fourth-order valence-corrected chi connectivity index (χ4v) is 6.02. The summed E-state index contributed by atoms with van der Waals surface area (Å²) in [5, 5.41) is 4.10. The van der Waals surface area contributed by atoms with E-state index in [1.807, 2.05) is 11.3 Å². The van der Waals surface area contributed by atoms with Crippen molar-refractivity contribution in [2.24, 2.45) is 0 Å². The maximum Gasteiger partial charge on any atom is 0.139 e. The lowest BCUT2D eigenvalue weighted by molar-refractivity contribution is 0.647. The first-order valence-electron chi connectivity index (χ1n) is 9.14. The molecule has 3 heterocycles. The van der Waals surface area contributed by atoms with Crippen LogP contribution in [-0.4, -0.2) is 12.4 Å². The van der Waals surface area contributed by atoms with E-state index in [0.717, 1.165) is 0 Å². The van der Waals surface area contributed by atoms with E-state index in [0.29, 0.717) is 0 Å². The van der Waals surface area contributed by atoms with Crippen molar-refractivity contribution in [2.45, 2.75) is 19.3 Å². The molecule has 3 heteroatoms. The quantitative estimate of drug-likeness (QED) is 0.350. The third kappa shape index (κ3) is 1.58. The summed E-state index contributed by atoms with van der Waals surface area (Å²) >= 11 is 1.95. The van der Waals surface area contributed by atoms with Gasteiger partial charge in [-0.2, -0.15) is 0 Å². The van der Waals surface area contributed by atoms with Gasteiger partial charge >= 0.3 is 0 Å². The molecule has 1 nitrogen and oxygen atoms in total. The van der Waals surface area contributed by atoms with Crippen LogP contribution in [0.5, 0.6) is 0 Å². The van der Waals surface area contributed by atoms with Crippen LogP contribution in [0.25, 0.3) is 37.6 Å². The van der Waals surface area contributed by atoms with Crippen LogP contribution in [0.2, 0.25) is 0 Å². The topological polar surface area (TPSA) is 4.93 Å². The first kappa shape index (κ1) is 14.6. The molecule has 0 atom stereocenters. The maximum absolute atomic E-state index is 2.53. The molecule has 0 saturated carbocycles. The average molecular weight is 351 g/mol. The molecule has 0 fully saturated rings. The van der Waals surface area contributed by atoms with Gasteiger partial charge in [0.2, 0.25) is 0 Å². The van der Waals surface area contributed by atoms with Crippen LogP contribution in [0.1, 0.15) is 24.3 Å². The number of thiophene rings is 1. The maximum atomic E-state index is 2.53. The SMILES string of the molecule is Bc1ccc2c(c1)c1cccc3c1n2-c1c(sc2ccccc12)C3(C)C. The van der Waals surface area contributed by atoms with Gasteiger partial charge in [0.05, 0.1) is 16.7 Å². The summed E-state index contributed by atoms with van der Waals surface area (Å²) in [4.78, 5) is 1.47. The minimum Gasteiger partial charge on any atom is -0.307 e. The molecule has 6 rings (SSSR count). The van der Waals surface area contributed by atoms with Gasteiger partial charge in [-0.1, -0.05) is 67.8 Å². The molecule has 124 valence electrons. The second-order valence-electron chi connectivity index (χ2n) is 7.96. The molecule has 1 aliphatic heterocycles. The van der Waals surface area contributed by atoms with E-state index in [4.69, 9.17) is 0 Å². The Morgan fingerprint density at radius 2 is 1.69 bits per heavy atom. The Bertz CT molecular complexity index is 1370. The Morgan fingerprint density at radius 1 is 0.885 bits per heavy atom. The second kappa shape index (κ2) is 4.60. The molecule has 1 aliphatic rings. The highest BCUT2D eigenvalue weighted by atomic mass is 32.1. The summed E-state index contributed by atoms with van der Waals surface area (Å²) in [5.41, 5.74) is 6.85. The molecule has 0 radical (unpaired) electrons. The second-order valence-corrected chi connectivity index (χ2v) is 9.01. The van der Waals surface area contributed by atoms with Crippen molar-refractivity contribution in [3.05, 3.63) is 71.1 Å². The lowest BCUT2D eigenvalue weighted by Gasteiger charge is -2.32. The van der Waals surface area contributed by atoms with E-state index in [-0.39, 0.29) is 5.41 Å². The van der Waals surface area contributed by atoms with Gasteiger partial charge < -0.3 is 4.57 Å². The zero-order valence-corrected chi connectivity index (χ0v) is 15.9. The van der Waals surface area contributed by atoms with Crippen LogP contribution in [-0.2, 0) is 5.41 Å². The van der Waals surface area contributed by atoms with Gasteiger partial charge in [0, 0.05) is 31.2 Å². The number of rotatable bonds is 0. The van der Waals surface area contributed by atoms with Gasteiger partial charge in [-0.15, -0.1) is 11.3 Å². The minimum absolute atomic E-state index is 0.0119. The first-order valence-corrected chi connectivity index (χ1v) is 9.95. The van der Waals surface area contributed by atoms with Crippen LogP contribution in [0.15, 0.2) is 60.7 Å². The zero-order chi connectivity index (χ0) is 17.6. The van der Waals surface area contributed by atoms with Crippen molar-refractivity contribution in [2.75, 3.05) is 0 Å². The van der Waals surface area contributed by atoms with Crippen LogP contribution in [0.3, 0.4) is 0 Å². The number of fused-ring (bicyclic) bond motifs is 7. The Morgan fingerprint density at radius 3 is 2.58 bits per heavy atom. The van der Waals surface area contributed by atoms with Crippen molar-refractivity contribution >= 4 is 56.5 Å². The van der Waals surface area contributed by atoms with Gasteiger partial charge in [0.1, 0.15) is 7.85 Å². The van der Waals surface area contributed by atoms with Crippen LogP contribution in [0.4, 0.5) is 0 Å². The normalized spacial score (nSPS) is 15.0. The number of aromatic nitrogens is 1. The molecule has 5 aromatic rings. The number of para-hydroxylation sites is 1. The Kier molecular flexibility index (Phi) is 2.59. The van der Waals surface area contributed by atoms with Crippen molar-refractivity contribution in [1.29, 1.82) is 0 Å². The predicted octanol–water partition coefficient (Wildman–Crippen LogP) is 4.90. The van der Waals surface area contributed by atoms with E-state index in [1.54, 1.807) is 0 Å². The third-order valence-corrected chi connectivity index (χ3v) is 7.46. The fraction of sp³-hybridized carbons (Fsp3) is 0.130. The summed E-state index contributed by atoms with van der Waals surface area (Å²) < 4.78 is 3.90. The lowest BCUT2D eigenvalue weighted by atomic mass is 9.79. The van der Waals surface area contributed by atoms with Crippen molar-refractivity contribution in [3.8, 4) is 5.69 Å². The first-order chi connectivity index (χ1) is 12.6. The molecule has 0 saturated heterocycles. The van der Waals surface area contributed by atoms with Gasteiger partial charge in [0.15, 0.2) is 0 Å². The van der Waals surface area contributed by atoms with Gasteiger partial charge in [-0.05, 0) is 17.7 Å². The minimum atomic E-state index is 0.0119. The molecule has 2 aromatic heterocycles. The highest BCUT2D eigenvalue weighted by Gasteiger charge is 2.37. The summed E-state index contributed by atoms with van der Waals surface area (Å²) in [6, 6.07) is 22.5. The van der Waals surface area contributed by atoms with E-state index in [1.165, 1.54) is 53.5 Å². The molecule has 0 amide bonds. The number of hydrogen-bond donors (Lipinski definition) is 0. The Hall–Kier alpha value is -2.52. The zero-order valence-electron chi connectivity index (χ0n) is 15.1. The summed E-state index contributed by atoms with van der Waals surface area (Å²) in [7, 11) is 2.18. The summed E-state index contributed by atoms with van der Waals surface area (Å²) in [6.07, 6.45) is 0.